The zero-order chi connectivity index (χ0) is 14.1. The summed E-state index contributed by atoms with van der Waals surface area (Å²) in [7, 11) is 1.23. The molecule has 1 rings (SSSR count). The van der Waals surface area contributed by atoms with Crippen LogP contribution < -0.4 is 5.32 Å². The molecule has 0 heterocycles. The van der Waals surface area contributed by atoms with Crippen LogP contribution in [0.2, 0.25) is 0 Å². The summed E-state index contributed by atoms with van der Waals surface area (Å²) in [6.45, 7) is 0.0858. The highest BCUT2D eigenvalue weighted by Gasteiger charge is 2.12. The number of benzene rings is 1. The van der Waals surface area contributed by atoms with Crippen molar-refractivity contribution in [3.63, 3.8) is 0 Å². The van der Waals surface area contributed by atoms with E-state index < -0.39 is 18.2 Å². The van der Waals surface area contributed by atoms with Gasteiger partial charge in [0, 0.05) is 6.54 Å². The van der Waals surface area contributed by atoms with Gasteiger partial charge in [0.05, 0.1) is 19.6 Å². The molecule has 0 aliphatic rings. The molecule has 0 saturated heterocycles. The first-order chi connectivity index (χ1) is 9.11. The fourth-order valence-corrected chi connectivity index (χ4v) is 1.32. The molecule has 0 unspecified atom stereocenters. The molecule has 0 saturated carbocycles. The van der Waals surface area contributed by atoms with Gasteiger partial charge >= 0.3 is 12.1 Å². The van der Waals surface area contributed by atoms with Crippen molar-refractivity contribution in [2.45, 2.75) is 19.1 Å². The Kier molecular flexibility index (Phi) is 6.38. The minimum atomic E-state index is -0.989. The van der Waals surface area contributed by atoms with E-state index in [1.165, 1.54) is 7.11 Å². The van der Waals surface area contributed by atoms with Crippen molar-refractivity contribution < 1.29 is 24.2 Å². The van der Waals surface area contributed by atoms with Crippen LogP contribution in [-0.2, 0) is 20.9 Å². The summed E-state index contributed by atoms with van der Waals surface area (Å²) in [6.07, 6.45) is -1.81. The van der Waals surface area contributed by atoms with Gasteiger partial charge in [0.1, 0.15) is 6.61 Å². The molecule has 0 aliphatic heterocycles. The Labute approximate surface area is 111 Å². The maximum atomic E-state index is 11.3. The first-order valence-electron chi connectivity index (χ1n) is 5.81. The molecular weight excluding hydrogens is 250 g/mol. The summed E-state index contributed by atoms with van der Waals surface area (Å²) in [5, 5.41) is 11.8. The minimum Gasteiger partial charge on any atom is -0.469 e. The van der Waals surface area contributed by atoms with Gasteiger partial charge in [0.15, 0.2) is 0 Å². The summed E-state index contributed by atoms with van der Waals surface area (Å²) in [5.74, 6) is -0.535. The van der Waals surface area contributed by atoms with E-state index in [-0.39, 0.29) is 19.6 Å². The number of alkyl carbamates (subject to hydrolysis) is 1. The van der Waals surface area contributed by atoms with Crippen LogP contribution in [0.15, 0.2) is 30.3 Å². The first-order valence-corrected chi connectivity index (χ1v) is 5.81. The zero-order valence-electron chi connectivity index (χ0n) is 10.7. The predicted octanol–water partition coefficient (Wildman–Crippen LogP) is 0.837. The molecule has 0 aliphatic carbocycles. The number of aliphatic hydroxyl groups excluding tert-OH is 1. The summed E-state index contributed by atoms with van der Waals surface area (Å²) < 4.78 is 9.32. The second-order valence-electron chi connectivity index (χ2n) is 3.88. The fourth-order valence-electron chi connectivity index (χ4n) is 1.32. The van der Waals surface area contributed by atoms with Crippen molar-refractivity contribution in [2.75, 3.05) is 13.7 Å². The Morgan fingerprint density at radius 1 is 1.32 bits per heavy atom. The van der Waals surface area contributed by atoms with Crippen LogP contribution in [-0.4, -0.2) is 36.9 Å². The number of esters is 1. The third kappa shape index (κ3) is 6.42. The number of ether oxygens (including phenoxy) is 2. The van der Waals surface area contributed by atoms with Gasteiger partial charge in [-0.2, -0.15) is 0 Å². The van der Waals surface area contributed by atoms with Crippen LogP contribution in [0.25, 0.3) is 0 Å². The summed E-state index contributed by atoms with van der Waals surface area (Å²) in [6, 6.07) is 9.22. The van der Waals surface area contributed by atoms with Gasteiger partial charge in [-0.05, 0) is 5.56 Å². The van der Waals surface area contributed by atoms with E-state index in [0.717, 1.165) is 5.56 Å². The van der Waals surface area contributed by atoms with E-state index >= 15 is 0 Å². The smallest absolute Gasteiger partial charge is 0.407 e. The molecular formula is C13H17NO5. The molecule has 104 valence electrons. The van der Waals surface area contributed by atoms with E-state index in [1.54, 1.807) is 0 Å². The Morgan fingerprint density at radius 3 is 2.63 bits per heavy atom. The molecule has 0 aromatic heterocycles. The summed E-state index contributed by atoms with van der Waals surface area (Å²) >= 11 is 0. The number of carbonyl (C=O) groups is 2. The van der Waals surface area contributed by atoms with Crippen molar-refractivity contribution in [2.24, 2.45) is 0 Å². The van der Waals surface area contributed by atoms with Gasteiger partial charge in [0.2, 0.25) is 0 Å². The lowest BCUT2D eigenvalue weighted by Crippen LogP contribution is -2.33. The molecule has 19 heavy (non-hydrogen) atoms. The molecule has 6 heteroatoms. The Balaban J connectivity index is 2.19. The van der Waals surface area contributed by atoms with E-state index in [0.29, 0.717) is 0 Å². The largest absolute Gasteiger partial charge is 0.469 e. The highest BCUT2D eigenvalue weighted by molar-refractivity contribution is 5.70. The molecule has 0 radical (unpaired) electrons. The van der Waals surface area contributed by atoms with Crippen molar-refractivity contribution in [3.05, 3.63) is 35.9 Å². The molecule has 1 amide bonds. The number of aliphatic hydroxyl groups is 1. The van der Waals surface area contributed by atoms with Crippen molar-refractivity contribution in [3.8, 4) is 0 Å². The molecule has 1 aromatic carbocycles. The highest BCUT2D eigenvalue weighted by Crippen LogP contribution is 2.00. The fraction of sp³-hybridized carbons (Fsp3) is 0.385. The van der Waals surface area contributed by atoms with Crippen LogP contribution in [0, 0.1) is 0 Å². The SMILES string of the molecule is COC(=O)C[C@@H](O)CNC(=O)OCc1ccccc1. The zero-order valence-corrected chi connectivity index (χ0v) is 10.7. The van der Waals surface area contributed by atoms with Crippen LogP contribution in [0.1, 0.15) is 12.0 Å². The van der Waals surface area contributed by atoms with E-state index in [4.69, 9.17) is 4.74 Å². The van der Waals surface area contributed by atoms with Crippen LogP contribution >= 0.6 is 0 Å². The Morgan fingerprint density at radius 2 is 2.00 bits per heavy atom. The number of rotatable bonds is 6. The van der Waals surface area contributed by atoms with Gasteiger partial charge in [-0.15, -0.1) is 0 Å². The van der Waals surface area contributed by atoms with Gasteiger partial charge in [-0.25, -0.2) is 4.79 Å². The normalized spacial score (nSPS) is 11.5. The van der Waals surface area contributed by atoms with Gasteiger partial charge in [-0.1, -0.05) is 30.3 Å². The third-order valence-corrected chi connectivity index (χ3v) is 2.32. The number of amides is 1. The second-order valence-corrected chi connectivity index (χ2v) is 3.88. The number of hydrogen-bond donors (Lipinski definition) is 2. The Bertz CT molecular complexity index is 407. The molecule has 0 spiro atoms. The quantitative estimate of drug-likeness (QED) is 0.746. The van der Waals surface area contributed by atoms with Crippen molar-refractivity contribution in [1.82, 2.24) is 5.32 Å². The van der Waals surface area contributed by atoms with Gasteiger partial charge in [0.25, 0.3) is 0 Å². The van der Waals surface area contributed by atoms with E-state index in [2.05, 4.69) is 10.1 Å². The lowest BCUT2D eigenvalue weighted by molar-refractivity contribution is -0.142. The lowest BCUT2D eigenvalue weighted by atomic mass is 10.2. The number of hydrogen-bond acceptors (Lipinski definition) is 5. The van der Waals surface area contributed by atoms with Gasteiger partial charge < -0.3 is 19.9 Å². The lowest BCUT2D eigenvalue weighted by Gasteiger charge is -2.11. The molecule has 1 atom stereocenters. The third-order valence-electron chi connectivity index (χ3n) is 2.32. The van der Waals surface area contributed by atoms with E-state index in [9.17, 15) is 14.7 Å². The summed E-state index contributed by atoms with van der Waals surface area (Å²) in [5.41, 5.74) is 0.868. The number of carbonyl (C=O) groups excluding carboxylic acids is 2. The monoisotopic (exact) mass is 267 g/mol. The number of methoxy groups -OCH3 is 1. The van der Waals surface area contributed by atoms with Gasteiger partial charge in [-0.3, -0.25) is 4.79 Å². The summed E-state index contributed by atoms with van der Waals surface area (Å²) in [4.78, 5) is 22.2. The molecule has 2 N–H and O–H groups in total. The predicted molar refractivity (Wildman–Crippen MR) is 67.3 cm³/mol. The molecule has 1 aromatic rings. The first kappa shape index (κ1) is 15.0. The van der Waals surface area contributed by atoms with Crippen LogP contribution in [0.3, 0.4) is 0 Å². The maximum Gasteiger partial charge on any atom is 0.407 e. The average Bonchev–Trinajstić information content (AvgIpc) is 2.43. The molecule has 6 nitrogen and oxygen atoms in total. The molecule has 0 fully saturated rings. The maximum absolute atomic E-state index is 11.3. The van der Waals surface area contributed by atoms with Crippen molar-refractivity contribution in [1.29, 1.82) is 0 Å². The minimum absolute atomic E-state index is 0.0667. The average molecular weight is 267 g/mol. The van der Waals surface area contributed by atoms with Crippen LogP contribution in [0.5, 0.6) is 0 Å². The highest BCUT2D eigenvalue weighted by atomic mass is 16.5. The van der Waals surface area contributed by atoms with Crippen molar-refractivity contribution >= 4 is 12.1 Å². The topological polar surface area (TPSA) is 84.9 Å². The number of nitrogens with one attached hydrogen (secondary N) is 1. The van der Waals surface area contributed by atoms with E-state index in [1.807, 2.05) is 30.3 Å². The Hall–Kier alpha value is -2.08. The van der Waals surface area contributed by atoms with Crippen LogP contribution in [0.4, 0.5) is 4.79 Å². The molecule has 0 bridgehead atoms. The second kappa shape index (κ2) is 8.10. The standard InChI is InChI=1S/C13H17NO5/c1-18-12(16)7-11(15)8-14-13(17)19-9-10-5-3-2-4-6-10/h2-6,11,15H,7-9H2,1H3,(H,14,17)/t11-/m1/s1.